The van der Waals surface area contributed by atoms with Crippen molar-refractivity contribution in [2.24, 2.45) is 11.5 Å². The topological polar surface area (TPSA) is 78.3 Å². The Morgan fingerprint density at radius 2 is 2.25 bits per heavy atom. The lowest BCUT2D eigenvalue weighted by Crippen LogP contribution is -2.35. The number of cyclic esters (lactones) is 1. The molecule has 0 saturated carbocycles. The summed E-state index contributed by atoms with van der Waals surface area (Å²) in [6.45, 7) is 0. The molecule has 0 aromatic heterocycles. The van der Waals surface area contributed by atoms with E-state index in [1.165, 1.54) is 0 Å². The first-order chi connectivity index (χ1) is 3.70. The van der Waals surface area contributed by atoms with E-state index < -0.39 is 6.23 Å². The van der Waals surface area contributed by atoms with Gasteiger partial charge in [0.1, 0.15) is 0 Å². The first-order valence-corrected chi connectivity index (χ1v) is 3.26. The third-order valence-electron chi connectivity index (χ3n) is 0.882. The Morgan fingerprint density at radius 3 is 2.38 bits per heavy atom. The summed E-state index contributed by atoms with van der Waals surface area (Å²) in [6.07, 6.45) is -0.569. The van der Waals surface area contributed by atoms with Crippen molar-refractivity contribution in [3.8, 4) is 0 Å². The van der Waals surface area contributed by atoms with E-state index >= 15 is 0 Å². The van der Waals surface area contributed by atoms with Gasteiger partial charge in [-0.3, -0.25) is 5.73 Å². The molecule has 4 N–H and O–H groups in total. The maximum Gasteiger partial charge on any atom is 0.326 e. The zero-order valence-corrected chi connectivity index (χ0v) is 5.13. The molecule has 1 aliphatic heterocycles. The Balaban J connectivity index is 2.51. The molecule has 0 aromatic carbocycles. The van der Waals surface area contributed by atoms with Crippen LogP contribution in [0.15, 0.2) is 0 Å². The molecule has 8 heavy (non-hydrogen) atoms. The van der Waals surface area contributed by atoms with Crippen molar-refractivity contribution in [1.82, 2.24) is 0 Å². The van der Waals surface area contributed by atoms with Crippen LogP contribution >= 0.6 is 8.58 Å². The lowest BCUT2D eigenvalue weighted by Gasteiger charge is -2.03. The molecule has 1 fully saturated rings. The van der Waals surface area contributed by atoms with Crippen LogP contribution in [-0.4, -0.2) is 17.7 Å². The van der Waals surface area contributed by atoms with Crippen LogP contribution in [0.5, 0.6) is 0 Å². The molecule has 0 spiro atoms. The van der Waals surface area contributed by atoms with Crippen molar-refractivity contribution >= 4 is 14.3 Å². The molecule has 1 saturated heterocycles. The second-order valence-electron chi connectivity index (χ2n) is 1.54. The van der Waals surface area contributed by atoms with E-state index in [0.29, 0.717) is 0 Å². The van der Waals surface area contributed by atoms with Gasteiger partial charge >= 0.3 is 5.71 Å². The molecule has 3 unspecified atom stereocenters. The lowest BCUT2D eigenvalue weighted by molar-refractivity contribution is 0.136. The predicted octanol–water partition coefficient (Wildman–Crippen LogP) is -0.615. The van der Waals surface area contributed by atoms with Gasteiger partial charge in [-0.15, -0.1) is 0 Å². The Labute approximate surface area is 48.3 Å². The lowest BCUT2D eigenvalue weighted by atomic mass is 10.6. The fourth-order valence-corrected chi connectivity index (χ4v) is 1.16. The summed E-state index contributed by atoms with van der Waals surface area (Å²) in [5, 5.41) is 0. The Hall–Kier alpha value is -0.180. The third-order valence-corrected chi connectivity index (χ3v) is 1.90. The molecule has 0 amide bonds. The molecule has 5 heteroatoms. The van der Waals surface area contributed by atoms with Crippen molar-refractivity contribution < 1.29 is 9.53 Å². The molecule has 0 bridgehead atoms. The fraction of sp³-hybridized carbons (Fsp3) is 0.667. The maximum atomic E-state index is 10.3. The summed E-state index contributed by atoms with van der Waals surface area (Å²) in [6, 6.07) is 0. The predicted molar refractivity (Wildman–Crippen MR) is 30.7 cm³/mol. The summed E-state index contributed by atoms with van der Waals surface area (Å²) >= 11 is 0. The zero-order valence-electron chi connectivity index (χ0n) is 4.13. The summed E-state index contributed by atoms with van der Waals surface area (Å²) in [5.74, 6) is -0.275. The molecule has 46 valence electrons. The first-order valence-electron chi connectivity index (χ1n) is 2.18. The van der Waals surface area contributed by atoms with Crippen molar-refractivity contribution in [1.29, 1.82) is 0 Å². The first kappa shape index (κ1) is 5.95. The molecule has 0 aliphatic carbocycles. The number of carbonyl (C=O) groups excluding carboxylic acids is 1. The maximum absolute atomic E-state index is 10.3. The Kier molecular flexibility index (Phi) is 1.47. The number of rotatable bonds is 0. The molecule has 4 nitrogen and oxygen atoms in total. The molecule has 0 radical (unpaired) electrons. The third kappa shape index (κ3) is 0.968. The summed E-state index contributed by atoms with van der Waals surface area (Å²) in [5.41, 5.74) is 10.2. The highest BCUT2D eigenvalue weighted by atomic mass is 31.1. The van der Waals surface area contributed by atoms with Gasteiger partial charge in [0.05, 0.1) is 5.78 Å². The number of ether oxygens (including phenoxy) is 1. The Morgan fingerprint density at radius 1 is 1.62 bits per heavy atom. The van der Waals surface area contributed by atoms with E-state index in [9.17, 15) is 4.79 Å². The van der Waals surface area contributed by atoms with Gasteiger partial charge in [0.2, 0.25) is 0 Å². The van der Waals surface area contributed by atoms with Crippen LogP contribution < -0.4 is 11.5 Å². The minimum absolute atomic E-state index is 0.0282. The highest BCUT2D eigenvalue weighted by Crippen LogP contribution is 2.27. The van der Waals surface area contributed by atoms with Crippen LogP contribution in [0.2, 0.25) is 0 Å². The monoisotopic (exact) mass is 134 g/mol. The van der Waals surface area contributed by atoms with E-state index in [0.717, 1.165) is 0 Å². The number of carbonyl (C=O) groups is 1. The van der Waals surface area contributed by atoms with Gasteiger partial charge in [-0.05, 0) is 0 Å². The minimum atomic E-state index is -0.569. The molecule has 3 atom stereocenters. The average Bonchev–Trinajstić information content (AvgIpc) is 1.85. The Bertz CT molecular complexity index is 106. The second kappa shape index (κ2) is 1.97. The van der Waals surface area contributed by atoms with Crippen LogP contribution in [0.3, 0.4) is 0 Å². The van der Waals surface area contributed by atoms with Crippen LogP contribution in [0, 0.1) is 0 Å². The van der Waals surface area contributed by atoms with E-state index in [4.69, 9.17) is 11.5 Å². The van der Waals surface area contributed by atoms with Gasteiger partial charge in [0.25, 0.3) is 0 Å². The average molecular weight is 134 g/mol. The van der Waals surface area contributed by atoms with Gasteiger partial charge in [-0.1, -0.05) is 0 Å². The van der Waals surface area contributed by atoms with Gasteiger partial charge in [0, 0.05) is 8.58 Å². The molecule has 0 aromatic rings. The smallest absolute Gasteiger partial charge is 0.326 e. The molecule has 1 heterocycles. The molecular formula is C3H7N2O2P. The molecule has 1 aliphatic rings. The van der Waals surface area contributed by atoms with Crippen molar-refractivity contribution in [3.05, 3.63) is 0 Å². The largest absolute Gasteiger partial charge is 0.442 e. The summed E-state index contributed by atoms with van der Waals surface area (Å²) < 4.78 is 4.50. The van der Waals surface area contributed by atoms with Crippen LogP contribution in [0.1, 0.15) is 0 Å². The van der Waals surface area contributed by atoms with Crippen molar-refractivity contribution in [2.45, 2.75) is 12.0 Å². The summed E-state index contributed by atoms with van der Waals surface area (Å²) in [4.78, 5) is 10.3. The van der Waals surface area contributed by atoms with Crippen molar-refractivity contribution in [3.63, 3.8) is 0 Å². The van der Waals surface area contributed by atoms with E-state index in [1.54, 1.807) is 0 Å². The number of nitrogens with two attached hydrogens (primary N) is 2. The van der Waals surface area contributed by atoms with E-state index in [1.807, 2.05) is 0 Å². The van der Waals surface area contributed by atoms with Gasteiger partial charge in [-0.2, -0.15) is 0 Å². The summed E-state index contributed by atoms with van der Waals surface area (Å²) in [7, 11) is 0.0282. The van der Waals surface area contributed by atoms with Crippen LogP contribution in [0.4, 0.5) is 4.79 Å². The molecule has 1 rings (SSSR count). The SMILES string of the molecule is NC1OC(=O)PC1N. The van der Waals surface area contributed by atoms with E-state index in [2.05, 4.69) is 4.74 Å². The standard InChI is InChI=1S/C3H7N2O2P/c4-1-2(5)8-3(6)7-1/h1-2,8H,4-5H2. The highest BCUT2D eigenvalue weighted by molar-refractivity contribution is 7.58. The highest BCUT2D eigenvalue weighted by Gasteiger charge is 2.28. The van der Waals surface area contributed by atoms with Gasteiger partial charge in [0.15, 0.2) is 6.23 Å². The van der Waals surface area contributed by atoms with Gasteiger partial charge in [-0.25, -0.2) is 4.79 Å². The minimum Gasteiger partial charge on any atom is -0.442 e. The van der Waals surface area contributed by atoms with E-state index in [-0.39, 0.29) is 20.1 Å². The fourth-order valence-electron chi connectivity index (χ4n) is 0.449. The molecular weight excluding hydrogens is 127 g/mol. The van der Waals surface area contributed by atoms with Crippen LogP contribution in [0.25, 0.3) is 0 Å². The normalized spacial score (nSPS) is 40.5. The number of hydrogen-bond acceptors (Lipinski definition) is 4. The quantitative estimate of drug-likeness (QED) is 0.433. The number of hydrogen-bond donors (Lipinski definition) is 2. The second-order valence-corrected chi connectivity index (χ2v) is 2.90. The van der Waals surface area contributed by atoms with Gasteiger partial charge < -0.3 is 10.5 Å². The van der Waals surface area contributed by atoms with Crippen molar-refractivity contribution in [2.75, 3.05) is 0 Å². The zero-order chi connectivity index (χ0) is 6.15. The van der Waals surface area contributed by atoms with Crippen LogP contribution in [-0.2, 0) is 4.74 Å².